The Balaban J connectivity index is 1.45. The van der Waals surface area contributed by atoms with Gasteiger partial charge in [0.05, 0.1) is 12.3 Å². The summed E-state index contributed by atoms with van der Waals surface area (Å²) in [4.78, 5) is 8.77. The first-order valence-electron chi connectivity index (χ1n) is 9.87. The van der Waals surface area contributed by atoms with Gasteiger partial charge in [-0.25, -0.2) is 9.97 Å². The van der Waals surface area contributed by atoms with Crippen LogP contribution in [0.2, 0.25) is 0 Å². The monoisotopic (exact) mass is 396 g/mol. The third-order valence-corrected chi connectivity index (χ3v) is 5.21. The SMILES string of the molecule is CCCCCCCOc1ccc(Nc2nc(Cc3ccc(N)nc3)cs2)cc1. The Kier molecular flexibility index (Phi) is 7.67. The summed E-state index contributed by atoms with van der Waals surface area (Å²) in [6.45, 7) is 3.02. The van der Waals surface area contributed by atoms with Gasteiger partial charge in [0.15, 0.2) is 5.13 Å². The second-order valence-corrected chi connectivity index (χ2v) is 7.68. The Labute approximate surface area is 171 Å². The molecule has 28 heavy (non-hydrogen) atoms. The van der Waals surface area contributed by atoms with E-state index in [0.29, 0.717) is 5.82 Å². The number of anilines is 3. The maximum atomic E-state index is 5.81. The van der Waals surface area contributed by atoms with Crippen LogP contribution in [0, 0.1) is 0 Å². The van der Waals surface area contributed by atoms with Crippen LogP contribution in [0.15, 0.2) is 48.0 Å². The number of thiazole rings is 1. The second kappa shape index (κ2) is 10.7. The molecule has 0 bridgehead atoms. The molecule has 0 atom stereocenters. The molecule has 0 fully saturated rings. The molecule has 0 saturated heterocycles. The van der Waals surface area contributed by atoms with Crippen molar-refractivity contribution in [1.82, 2.24) is 9.97 Å². The van der Waals surface area contributed by atoms with E-state index in [9.17, 15) is 0 Å². The van der Waals surface area contributed by atoms with Crippen LogP contribution < -0.4 is 15.8 Å². The van der Waals surface area contributed by atoms with Crippen LogP contribution >= 0.6 is 11.3 Å². The van der Waals surface area contributed by atoms with Gasteiger partial charge in [0.2, 0.25) is 0 Å². The minimum atomic E-state index is 0.535. The Morgan fingerprint density at radius 2 is 1.86 bits per heavy atom. The highest BCUT2D eigenvalue weighted by atomic mass is 32.1. The smallest absolute Gasteiger partial charge is 0.187 e. The minimum absolute atomic E-state index is 0.535. The fourth-order valence-electron chi connectivity index (χ4n) is 2.85. The largest absolute Gasteiger partial charge is 0.494 e. The van der Waals surface area contributed by atoms with Gasteiger partial charge >= 0.3 is 0 Å². The van der Waals surface area contributed by atoms with Crippen molar-refractivity contribution in [1.29, 1.82) is 0 Å². The molecule has 0 aliphatic rings. The lowest BCUT2D eigenvalue weighted by molar-refractivity contribution is 0.304. The van der Waals surface area contributed by atoms with Crippen molar-refractivity contribution >= 4 is 28.0 Å². The Morgan fingerprint density at radius 1 is 1.04 bits per heavy atom. The van der Waals surface area contributed by atoms with Crippen LogP contribution in [0.3, 0.4) is 0 Å². The van der Waals surface area contributed by atoms with Crippen LogP contribution in [-0.2, 0) is 6.42 Å². The first-order chi connectivity index (χ1) is 13.7. The van der Waals surface area contributed by atoms with E-state index in [0.717, 1.165) is 47.3 Å². The fourth-order valence-corrected chi connectivity index (χ4v) is 3.58. The molecular weight excluding hydrogens is 368 g/mol. The zero-order chi connectivity index (χ0) is 19.6. The van der Waals surface area contributed by atoms with Crippen LogP contribution in [0.25, 0.3) is 0 Å². The molecule has 3 N–H and O–H groups in total. The van der Waals surface area contributed by atoms with E-state index < -0.39 is 0 Å². The van der Waals surface area contributed by atoms with E-state index in [4.69, 9.17) is 10.5 Å². The summed E-state index contributed by atoms with van der Waals surface area (Å²) in [5.74, 6) is 1.45. The van der Waals surface area contributed by atoms with Crippen molar-refractivity contribution in [2.75, 3.05) is 17.7 Å². The van der Waals surface area contributed by atoms with Crippen LogP contribution in [0.4, 0.5) is 16.6 Å². The van der Waals surface area contributed by atoms with Gasteiger partial charge in [-0.1, -0.05) is 38.7 Å². The number of pyridine rings is 1. The molecule has 2 aromatic heterocycles. The summed E-state index contributed by atoms with van der Waals surface area (Å²) in [5, 5.41) is 6.30. The van der Waals surface area contributed by atoms with Gasteiger partial charge < -0.3 is 15.8 Å². The Hall–Kier alpha value is -2.60. The minimum Gasteiger partial charge on any atom is -0.494 e. The number of benzene rings is 1. The van der Waals surface area contributed by atoms with E-state index in [2.05, 4.69) is 27.6 Å². The molecule has 0 aliphatic carbocycles. The highest BCUT2D eigenvalue weighted by molar-refractivity contribution is 7.13. The number of nitrogens with two attached hydrogens (primary N) is 1. The number of unbranched alkanes of at least 4 members (excludes halogenated alkanes) is 4. The quantitative estimate of drug-likeness (QED) is 0.400. The molecule has 0 aliphatic heterocycles. The van der Waals surface area contributed by atoms with Gasteiger partial charge in [-0.2, -0.15) is 0 Å². The zero-order valence-electron chi connectivity index (χ0n) is 16.4. The fraction of sp³-hybridized carbons (Fsp3) is 0.364. The topological polar surface area (TPSA) is 73.1 Å². The highest BCUT2D eigenvalue weighted by Gasteiger charge is 2.05. The molecule has 0 radical (unpaired) electrons. The van der Waals surface area contributed by atoms with Crippen molar-refractivity contribution in [2.24, 2.45) is 0 Å². The zero-order valence-corrected chi connectivity index (χ0v) is 17.2. The Bertz CT molecular complexity index is 831. The average Bonchev–Trinajstić information content (AvgIpc) is 3.14. The van der Waals surface area contributed by atoms with Gasteiger partial charge in [0, 0.05) is 23.7 Å². The first kappa shape index (κ1) is 20.1. The molecule has 3 rings (SSSR count). The Morgan fingerprint density at radius 3 is 2.61 bits per heavy atom. The van der Waals surface area contributed by atoms with Crippen molar-refractivity contribution in [3.8, 4) is 5.75 Å². The van der Waals surface area contributed by atoms with E-state index in [1.165, 1.54) is 25.7 Å². The lowest BCUT2D eigenvalue weighted by atomic mass is 10.2. The summed E-state index contributed by atoms with van der Waals surface area (Å²) in [6, 6.07) is 11.9. The molecule has 148 valence electrons. The molecule has 6 heteroatoms. The summed E-state index contributed by atoms with van der Waals surface area (Å²) < 4.78 is 5.81. The number of rotatable bonds is 11. The number of nitrogens with zero attached hydrogens (tertiary/aromatic N) is 2. The van der Waals surface area contributed by atoms with E-state index in [1.807, 2.05) is 36.4 Å². The third kappa shape index (κ3) is 6.53. The number of nitrogen functional groups attached to an aromatic ring is 1. The highest BCUT2D eigenvalue weighted by Crippen LogP contribution is 2.24. The van der Waals surface area contributed by atoms with E-state index >= 15 is 0 Å². The summed E-state index contributed by atoms with van der Waals surface area (Å²) in [7, 11) is 0. The predicted octanol–water partition coefficient (Wildman–Crippen LogP) is 5.80. The predicted molar refractivity (Wildman–Crippen MR) is 118 cm³/mol. The number of hydrogen-bond acceptors (Lipinski definition) is 6. The molecular formula is C22H28N4OS. The van der Waals surface area contributed by atoms with Gasteiger partial charge in [-0.15, -0.1) is 11.3 Å². The second-order valence-electron chi connectivity index (χ2n) is 6.82. The molecule has 5 nitrogen and oxygen atoms in total. The maximum absolute atomic E-state index is 5.81. The van der Waals surface area contributed by atoms with Crippen molar-refractivity contribution in [2.45, 2.75) is 45.4 Å². The van der Waals surface area contributed by atoms with Crippen LogP contribution in [0.5, 0.6) is 5.75 Å². The van der Waals surface area contributed by atoms with E-state index in [-0.39, 0.29) is 0 Å². The van der Waals surface area contributed by atoms with Crippen LogP contribution in [-0.4, -0.2) is 16.6 Å². The number of hydrogen-bond donors (Lipinski definition) is 2. The first-order valence-corrected chi connectivity index (χ1v) is 10.8. The van der Waals surface area contributed by atoms with Gasteiger partial charge in [0.1, 0.15) is 11.6 Å². The van der Waals surface area contributed by atoms with Crippen molar-refractivity contribution < 1.29 is 4.74 Å². The molecule has 3 aromatic rings. The number of nitrogens with one attached hydrogen (secondary N) is 1. The van der Waals surface area contributed by atoms with E-state index in [1.54, 1.807) is 17.5 Å². The van der Waals surface area contributed by atoms with Gasteiger partial charge in [-0.05, 0) is 42.3 Å². The maximum Gasteiger partial charge on any atom is 0.187 e. The lowest BCUT2D eigenvalue weighted by Gasteiger charge is -2.07. The molecule has 0 saturated carbocycles. The van der Waals surface area contributed by atoms with Crippen molar-refractivity contribution in [3.63, 3.8) is 0 Å². The number of aromatic nitrogens is 2. The summed E-state index contributed by atoms with van der Waals surface area (Å²) in [6.07, 6.45) is 8.79. The lowest BCUT2D eigenvalue weighted by Crippen LogP contribution is -1.97. The summed E-state index contributed by atoms with van der Waals surface area (Å²) >= 11 is 1.60. The molecule has 2 heterocycles. The van der Waals surface area contributed by atoms with Crippen LogP contribution in [0.1, 0.15) is 50.3 Å². The normalized spacial score (nSPS) is 10.8. The standard InChI is InChI=1S/C22H28N4OS/c1-2-3-4-5-6-13-27-20-10-8-18(9-11-20)25-22-26-19(16-28-22)14-17-7-12-21(23)24-15-17/h7-12,15-16H,2-6,13-14H2,1H3,(H2,23,24)(H,25,26). The third-order valence-electron chi connectivity index (χ3n) is 4.41. The van der Waals surface area contributed by atoms with Gasteiger partial charge in [-0.3, -0.25) is 0 Å². The molecule has 0 amide bonds. The number of ether oxygens (including phenoxy) is 1. The van der Waals surface area contributed by atoms with Crippen molar-refractivity contribution in [3.05, 3.63) is 59.2 Å². The molecule has 1 aromatic carbocycles. The molecule has 0 unspecified atom stereocenters. The average molecular weight is 397 g/mol. The van der Waals surface area contributed by atoms with Gasteiger partial charge in [0.25, 0.3) is 0 Å². The summed E-state index contributed by atoms with van der Waals surface area (Å²) in [5.41, 5.74) is 8.75. The molecule has 0 spiro atoms.